The number of para-hydroxylation sites is 1. The number of esters is 1. The van der Waals surface area contributed by atoms with Crippen molar-refractivity contribution < 1.29 is 9.53 Å². The molecular weight excluding hydrogens is 248 g/mol. The summed E-state index contributed by atoms with van der Waals surface area (Å²) in [5, 5.41) is 0.400. The van der Waals surface area contributed by atoms with Crippen molar-refractivity contribution in [2.24, 2.45) is 0 Å². The Labute approximate surface area is 111 Å². The van der Waals surface area contributed by atoms with E-state index in [1.165, 1.54) is 0 Å². The third-order valence-corrected chi connectivity index (χ3v) is 2.98. The van der Waals surface area contributed by atoms with Crippen LogP contribution in [0.25, 0.3) is 0 Å². The summed E-state index contributed by atoms with van der Waals surface area (Å²) in [6.07, 6.45) is 0.811. The molecule has 0 bridgehead atoms. The van der Waals surface area contributed by atoms with Gasteiger partial charge in [0.1, 0.15) is 5.75 Å². The van der Waals surface area contributed by atoms with Gasteiger partial charge in [0, 0.05) is 0 Å². The Hall–Kier alpha value is -1.80. The molecule has 2 rings (SSSR count). The molecule has 18 heavy (non-hydrogen) atoms. The first-order valence-corrected chi connectivity index (χ1v) is 6.14. The fourth-order valence-corrected chi connectivity index (χ4v) is 1.89. The smallest absolute Gasteiger partial charge is 0.345 e. The number of aryl methyl sites for hydroxylation is 1. The molecule has 2 aromatic carbocycles. The molecular formula is C15H13ClO2. The predicted molar refractivity (Wildman–Crippen MR) is 72.2 cm³/mol. The van der Waals surface area contributed by atoms with E-state index in [1.807, 2.05) is 25.1 Å². The number of carbonyl (C=O) groups excluding carboxylic acids is 1. The van der Waals surface area contributed by atoms with E-state index >= 15 is 0 Å². The van der Waals surface area contributed by atoms with Gasteiger partial charge in [-0.3, -0.25) is 0 Å². The molecule has 0 amide bonds. The van der Waals surface area contributed by atoms with Gasteiger partial charge >= 0.3 is 5.97 Å². The Morgan fingerprint density at radius 1 is 1.11 bits per heavy atom. The summed E-state index contributed by atoms with van der Waals surface area (Å²) >= 11 is 5.96. The van der Waals surface area contributed by atoms with Crippen LogP contribution in [0.1, 0.15) is 22.8 Å². The first-order valence-electron chi connectivity index (χ1n) is 5.77. The first kappa shape index (κ1) is 12.7. The number of ether oxygens (including phenoxy) is 1. The summed E-state index contributed by atoms with van der Waals surface area (Å²) in [4.78, 5) is 12.0. The molecule has 2 nitrogen and oxygen atoms in total. The average Bonchev–Trinajstić information content (AvgIpc) is 2.39. The van der Waals surface area contributed by atoms with Crippen LogP contribution in [0.2, 0.25) is 5.02 Å². The van der Waals surface area contributed by atoms with Gasteiger partial charge in [0.05, 0.1) is 10.6 Å². The van der Waals surface area contributed by atoms with Crippen molar-refractivity contribution in [3.8, 4) is 5.75 Å². The van der Waals surface area contributed by atoms with Gasteiger partial charge in [-0.15, -0.1) is 0 Å². The average molecular weight is 261 g/mol. The Morgan fingerprint density at radius 2 is 1.78 bits per heavy atom. The van der Waals surface area contributed by atoms with Crippen molar-refractivity contribution >= 4 is 17.6 Å². The molecule has 0 aliphatic rings. The summed E-state index contributed by atoms with van der Waals surface area (Å²) < 4.78 is 5.38. The van der Waals surface area contributed by atoms with Crippen molar-refractivity contribution in [1.29, 1.82) is 0 Å². The summed E-state index contributed by atoms with van der Waals surface area (Å²) in [5.74, 6) is 0.159. The summed E-state index contributed by atoms with van der Waals surface area (Å²) in [6, 6.07) is 14.3. The summed E-state index contributed by atoms with van der Waals surface area (Å²) in [7, 11) is 0. The van der Waals surface area contributed by atoms with Gasteiger partial charge < -0.3 is 4.74 Å². The molecule has 0 heterocycles. The van der Waals surface area contributed by atoms with E-state index in [-0.39, 0.29) is 0 Å². The van der Waals surface area contributed by atoms with Gasteiger partial charge in [0.2, 0.25) is 0 Å². The van der Waals surface area contributed by atoms with Gasteiger partial charge in [-0.05, 0) is 30.2 Å². The van der Waals surface area contributed by atoms with E-state index in [4.69, 9.17) is 16.3 Å². The van der Waals surface area contributed by atoms with Crippen LogP contribution in [0, 0.1) is 0 Å². The number of carbonyl (C=O) groups is 1. The Morgan fingerprint density at radius 3 is 2.50 bits per heavy atom. The van der Waals surface area contributed by atoms with Crippen LogP contribution in [0.5, 0.6) is 5.75 Å². The van der Waals surface area contributed by atoms with Crippen LogP contribution in [0.3, 0.4) is 0 Å². The molecule has 0 aliphatic heterocycles. The topological polar surface area (TPSA) is 26.3 Å². The lowest BCUT2D eigenvalue weighted by Crippen LogP contribution is -2.10. The van der Waals surface area contributed by atoms with E-state index in [9.17, 15) is 4.79 Å². The van der Waals surface area contributed by atoms with Crippen LogP contribution >= 0.6 is 11.6 Å². The van der Waals surface area contributed by atoms with Crippen LogP contribution in [0.15, 0.2) is 48.5 Å². The van der Waals surface area contributed by atoms with E-state index < -0.39 is 5.97 Å². The number of rotatable bonds is 3. The first-order chi connectivity index (χ1) is 8.72. The fraction of sp³-hybridized carbons (Fsp3) is 0.133. The van der Waals surface area contributed by atoms with Crippen LogP contribution < -0.4 is 4.74 Å². The highest BCUT2D eigenvalue weighted by Gasteiger charge is 2.13. The minimum absolute atomic E-state index is 0.380. The largest absolute Gasteiger partial charge is 0.423 e. The van der Waals surface area contributed by atoms with Crippen molar-refractivity contribution in [3.63, 3.8) is 0 Å². The monoisotopic (exact) mass is 260 g/mol. The molecule has 0 aromatic heterocycles. The van der Waals surface area contributed by atoms with E-state index in [0.717, 1.165) is 12.0 Å². The van der Waals surface area contributed by atoms with E-state index in [2.05, 4.69) is 0 Å². The second kappa shape index (κ2) is 5.69. The van der Waals surface area contributed by atoms with Crippen LogP contribution in [-0.4, -0.2) is 5.97 Å². The number of hydrogen-bond donors (Lipinski definition) is 0. The zero-order valence-electron chi connectivity index (χ0n) is 10.0. The highest BCUT2D eigenvalue weighted by atomic mass is 35.5. The van der Waals surface area contributed by atoms with Gasteiger partial charge in [-0.2, -0.15) is 0 Å². The molecule has 3 heteroatoms. The van der Waals surface area contributed by atoms with Gasteiger partial charge in [-0.25, -0.2) is 4.79 Å². The Bertz CT molecular complexity index is 564. The van der Waals surface area contributed by atoms with Crippen molar-refractivity contribution in [2.45, 2.75) is 13.3 Å². The normalized spacial score (nSPS) is 10.1. The molecule has 0 atom stereocenters. The summed E-state index contributed by atoms with van der Waals surface area (Å²) in [5.41, 5.74) is 1.38. The quantitative estimate of drug-likeness (QED) is 0.613. The van der Waals surface area contributed by atoms with Crippen molar-refractivity contribution in [2.75, 3.05) is 0 Å². The second-order valence-corrected chi connectivity index (χ2v) is 4.24. The Balaban J connectivity index is 2.24. The molecule has 0 saturated heterocycles. The van der Waals surface area contributed by atoms with Crippen molar-refractivity contribution in [3.05, 3.63) is 64.7 Å². The molecule has 0 N–H and O–H groups in total. The molecule has 0 spiro atoms. The van der Waals surface area contributed by atoms with Crippen molar-refractivity contribution in [1.82, 2.24) is 0 Å². The lowest BCUT2D eigenvalue weighted by molar-refractivity contribution is 0.0733. The maximum absolute atomic E-state index is 12.0. The van der Waals surface area contributed by atoms with E-state index in [0.29, 0.717) is 16.3 Å². The zero-order valence-corrected chi connectivity index (χ0v) is 10.8. The van der Waals surface area contributed by atoms with E-state index in [1.54, 1.807) is 30.3 Å². The minimum Gasteiger partial charge on any atom is -0.423 e. The lowest BCUT2D eigenvalue weighted by Gasteiger charge is -2.09. The van der Waals surface area contributed by atoms with Gasteiger partial charge in [0.25, 0.3) is 0 Å². The predicted octanol–water partition coefficient (Wildman–Crippen LogP) is 4.12. The second-order valence-electron chi connectivity index (χ2n) is 3.83. The van der Waals surface area contributed by atoms with Crippen LogP contribution in [0.4, 0.5) is 0 Å². The molecule has 0 aliphatic carbocycles. The fourth-order valence-electron chi connectivity index (χ4n) is 1.68. The summed E-state index contributed by atoms with van der Waals surface area (Å²) in [6.45, 7) is 2.02. The minimum atomic E-state index is -0.429. The molecule has 0 fully saturated rings. The number of halogens is 1. The Kier molecular flexibility index (Phi) is 4.00. The highest BCUT2D eigenvalue weighted by Crippen LogP contribution is 2.22. The molecule has 2 aromatic rings. The third-order valence-electron chi connectivity index (χ3n) is 2.65. The maximum atomic E-state index is 12.0. The lowest BCUT2D eigenvalue weighted by atomic mass is 10.1. The van der Waals surface area contributed by atoms with Gasteiger partial charge in [0.15, 0.2) is 0 Å². The highest BCUT2D eigenvalue weighted by molar-refractivity contribution is 6.33. The molecule has 0 saturated carbocycles. The standard InChI is InChI=1S/C15H13ClO2/c1-2-11-7-3-6-10-14(11)18-15(17)12-8-4-5-9-13(12)16/h3-10H,2H2,1H3. The van der Waals surface area contributed by atoms with Gasteiger partial charge in [-0.1, -0.05) is 48.9 Å². The third kappa shape index (κ3) is 2.71. The molecule has 0 unspecified atom stereocenters. The maximum Gasteiger partial charge on any atom is 0.345 e. The number of benzene rings is 2. The van der Waals surface area contributed by atoms with Crippen LogP contribution in [-0.2, 0) is 6.42 Å². The SMILES string of the molecule is CCc1ccccc1OC(=O)c1ccccc1Cl. The molecule has 92 valence electrons. The zero-order chi connectivity index (χ0) is 13.0. The molecule has 0 radical (unpaired) electrons. The number of hydrogen-bond acceptors (Lipinski definition) is 2.